The molecule has 0 atom stereocenters. The SMILES string of the molecule is Fc1ccc(COc2ccc3ccccc3c2C=NNc2cccc(C(F)(F)F)c2)cc1. The Morgan fingerprint density at radius 2 is 1.66 bits per heavy atom. The zero-order valence-corrected chi connectivity index (χ0v) is 16.7. The van der Waals surface area contributed by atoms with Gasteiger partial charge in [0.05, 0.1) is 17.5 Å². The first-order valence-electron chi connectivity index (χ1n) is 9.75. The van der Waals surface area contributed by atoms with Crippen molar-refractivity contribution in [3.05, 3.63) is 107 Å². The number of nitrogens with one attached hydrogen (secondary N) is 1. The molecule has 0 saturated heterocycles. The summed E-state index contributed by atoms with van der Waals surface area (Å²) in [5, 5.41) is 5.97. The molecule has 7 heteroatoms. The van der Waals surface area contributed by atoms with E-state index in [0.717, 1.165) is 28.5 Å². The molecule has 0 aliphatic rings. The summed E-state index contributed by atoms with van der Waals surface area (Å²) in [7, 11) is 0. The van der Waals surface area contributed by atoms with Gasteiger partial charge >= 0.3 is 6.18 Å². The van der Waals surface area contributed by atoms with E-state index in [0.29, 0.717) is 11.3 Å². The number of benzene rings is 4. The number of anilines is 1. The van der Waals surface area contributed by atoms with E-state index in [1.807, 2.05) is 30.3 Å². The van der Waals surface area contributed by atoms with Crippen molar-refractivity contribution in [3.8, 4) is 5.75 Å². The third-order valence-electron chi connectivity index (χ3n) is 4.82. The molecule has 0 amide bonds. The number of rotatable bonds is 6. The van der Waals surface area contributed by atoms with Crippen molar-refractivity contribution in [3.63, 3.8) is 0 Å². The van der Waals surface area contributed by atoms with Gasteiger partial charge in [0.1, 0.15) is 18.2 Å². The smallest absolute Gasteiger partial charge is 0.416 e. The molecule has 32 heavy (non-hydrogen) atoms. The maximum absolute atomic E-state index is 13.1. The fourth-order valence-corrected chi connectivity index (χ4v) is 3.21. The van der Waals surface area contributed by atoms with Gasteiger partial charge in [-0.15, -0.1) is 0 Å². The molecule has 162 valence electrons. The van der Waals surface area contributed by atoms with Crippen LogP contribution in [0.25, 0.3) is 10.8 Å². The highest BCUT2D eigenvalue weighted by atomic mass is 19.4. The molecule has 0 unspecified atom stereocenters. The number of halogens is 4. The summed E-state index contributed by atoms with van der Waals surface area (Å²) in [6, 6.07) is 22.2. The summed E-state index contributed by atoms with van der Waals surface area (Å²) >= 11 is 0. The largest absolute Gasteiger partial charge is 0.488 e. The molecule has 0 spiro atoms. The van der Waals surface area contributed by atoms with Gasteiger partial charge in [0.15, 0.2) is 0 Å². The van der Waals surface area contributed by atoms with E-state index in [9.17, 15) is 17.6 Å². The van der Waals surface area contributed by atoms with Crippen molar-refractivity contribution in [2.75, 3.05) is 5.43 Å². The van der Waals surface area contributed by atoms with E-state index >= 15 is 0 Å². The van der Waals surface area contributed by atoms with Gasteiger partial charge in [-0.25, -0.2) is 4.39 Å². The van der Waals surface area contributed by atoms with Gasteiger partial charge in [0, 0.05) is 5.56 Å². The molecule has 4 aromatic rings. The number of fused-ring (bicyclic) bond motifs is 1. The second kappa shape index (κ2) is 9.09. The topological polar surface area (TPSA) is 33.6 Å². The minimum atomic E-state index is -4.43. The second-order valence-corrected chi connectivity index (χ2v) is 7.06. The van der Waals surface area contributed by atoms with Crippen LogP contribution in [0.2, 0.25) is 0 Å². The van der Waals surface area contributed by atoms with Crippen molar-refractivity contribution in [1.29, 1.82) is 0 Å². The lowest BCUT2D eigenvalue weighted by Gasteiger charge is -2.12. The predicted molar refractivity (Wildman–Crippen MR) is 117 cm³/mol. The highest BCUT2D eigenvalue weighted by Crippen LogP contribution is 2.31. The lowest BCUT2D eigenvalue weighted by atomic mass is 10.0. The lowest BCUT2D eigenvalue weighted by Crippen LogP contribution is -2.05. The van der Waals surface area contributed by atoms with E-state index < -0.39 is 11.7 Å². The third-order valence-corrected chi connectivity index (χ3v) is 4.82. The van der Waals surface area contributed by atoms with Gasteiger partial charge in [-0.3, -0.25) is 5.43 Å². The average molecular weight is 438 g/mol. The molecule has 0 saturated carbocycles. The molecule has 0 heterocycles. The fraction of sp³-hybridized carbons (Fsp3) is 0.0800. The Hall–Kier alpha value is -3.87. The van der Waals surface area contributed by atoms with Crippen LogP contribution in [-0.2, 0) is 12.8 Å². The van der Waals surface area contributed by atoms with E-state index in [1.54, 1.807) is 18.2 Å². The zero-order valence-electron chi connectivity index (χ0n) is 16.7. The highest BCUT2D eigenvalue weighted by molar-refractivity contribution is 6.02. The monoisotopic (exact) mass is 438 g/mol. The van der Waals surface area contributed by atoms with Gasteiger partial charge in [-0.1, -0.05) is 48.5 Å². The van der Waals surface area contributed by atoms with Gasteiger partial charge in [-0.2, -0.15) is 18.3 Å². The summed E-state index contributed by atoms with van der Waals surface area (Å²) in [5.74, 6) is 0.218. The molecule has 4 aromatic carbocycles. The summed E-state index contributed by atoms with van der Waals surface area (Å²) in [6.45, 7) is 0.223. The lowest BCUT2D eigenvalue weighted by molar-refractivity contribution is -0.137. The van der Waals surface area contributed by atoms with E-state index in [2.05, 4.69) is 10.5 Å². The molecule has 1 N–H and O–H groups in total. The first-order valence-corrected chi connectivity index (χ1v) is 9.75. The standard InChI is InChI=1S/C25H18F4N2O/c26-20-11-8-17(9-12-20)16-32-24-13-10-18-4-1-2-7-22(18)23(24)15-30-31-21-6-3-5-19(14-21)25(27,28)29/h1-15,31H,16H2. The van der Waals surface area contributed by atoms with Crippen LogP contribution in [-0.4, -0.2) is 6.21 Å². The first-order chi connectivity index (χ1) is 15.4. The van der Waals surface area contributed by atoms with E-state index in [-0.39, 0.29) is 18.1 Å². The van der Waals surface area contributed by atoms with Crippen molar-refractivity contribution in [2.45, 2.75) is 12.8 Å². The summed E-state index contributed by atoms with van der Waals surface area (Å²) in [5.41, 5.74) is 3.57. The van der Waals surface area contributed by atoms with Crippen molar-refractivity contribution < 1.29 is 22.3 Å². The Morgan fingerprint density at radius 1 is 0.875 bits per heavy atom. The number of hydrogen-bond acceptors (Lipinski definition) is 3. The van der Waals surface area contributed by atoms with Crippen LogP contribution in [0.3, 0.4) is 0 Å². The summed E-state index contributed by atoms with van der Waals surface area (Å²) < 4.78 is 57.9. The molecular formula is C25H18F4N2O. The molecule has 0 radical (unpaired) electrons. The number of hydrogen-bond donors (Lipinski definition) is 1. The summed E-state index contributed by atoms with van der Waals surface area (Å²) in [4.78, 5) is 0. The van der Waals surface area contributed by atoms with Crippen molar-refractivity contribution in [1.82, 2.24) is 0 Å². The molecule has 0 aliphatic heterocycles. The minimum absolute atomic E-state index is 0.213. The Morgan fingerprint density at radius 3 is 2.44 bits per heavy atom. The molecule has 0 bridgehead atoms. The number of ether oxygens (including phenoxy) is 1. The Balaban J connectivity index is 1.60. The zero-order chi connectivity index (χ0) is 22.6. The minimum Gasteiger partial charge on any atom is -0.488 e. The van der Waals surface area contributed by atoms with Crippen LogP contribution in [0.4, 0.5) is 23.2 Å². The van der Waals surface area contributed by atoms with Crippen LogP contribution >= 0.6 is 0 Å². The third kappa shape index (κ3) is 5.06. The first kappa shape index (κ1) is 21.4. The molecular weight excluding hydrogens is 420 g/mol. The van der Waals surface area contributed by atoms with E-state index in [4.69, 9.17) is 4.74 Å². The second-order valence-electron chi connectivity index (χ2n) is 7.06. The normalized spacial score (nSPS) is 11.8. The predicted octanol–water partition coefficient (Wildman–Crippen LogP) is 7.02. The number of hydrazone groups is 1. The van der Waals surface area contributed by atoms with Crippen molar-refractivity contribution >= 4 is 22.7 Å². The van der Waals surface area contributed by atoms with Gasteiger partial charge in [0.2, 0.25) is 0 Å². The average Bonchev–Trinajstić information content (AvgIpc) is 2.79. The Labute approximate surface area is 182 Å². The maximum Gasteiger partial charge on any atom is 0.416 e. The molecule has 0 aliphatic carbocycles. The van der Waals surface area contributed by atoms with Crippen LogP contribution in [0.15, 0.2) is 90.0 Å². The molecule has 0 fully saturated rings. The van der Waals surface area contributed by atoms with Crippen LogP contribution in [0, 0.1) is 5.82 Å². The van der Waals surface area contributed by atoms with Gasteiger partial charge in [-0.05, 0) is 52.7 Å². The van der Waals surface area contributed by atoms with Gasteiger partial charge < -0.3 is 4.74 Å². The maximum atomic E-state index is 13.1. The van der Waals surface area contributed by atoms with Crippen molar-refractivity contribution in [2.24, 2.45) is 5.10 Å². The van der Waals surface area contributed by atoms with Crippen LogP contribution in [0.1, 0.15) is 16.7 Å². The van der Waals surface area contributed by atoms with Crippen LogP contribution < -0.4 is 10.2 Å². The highest BCUT2D eigenvalue weighted by Gasteiger charge is 2.30. The fourth-order valence-electron chi connectivity index (χ4n) is 3.21. The summed E-state index contributed by atoms with van der Waals surface area (Å²) in [6.07, 6.45) is -2.92. The molecule has 0 aromatic heterocycles. The van der Waals surface area contributed by atoms with Crippen LogP contribution in [0.5, 0.6) is 5.75 Å². The van der Waals surface area contributed by atoms with Gasteiger partial charge in [0.25, 0.3) is 0 Å². The Kier molecular flexibility index (Phi) is 6.07. The molecule has 4 rings (SSSR count). The quantitative estimate of drug-likeness (QED) is 0.199. The van der Waals surface area contributed by atoms with E-state index in [1.165, 1.54) is 30.5 Å². The Bertz CT molecular complexity index is 1250. The number of nitrogens with zero attached hydrogens (tertiary/aromatic N) is 1. The molecule has 3 nitrogen and oxygen atoms in total. The number of alkyl halides is 3.